The van der Waals surface area contributed by atoms with Gasteiger partial charge in [0.05, 0.1) is 6.04 Å². The molecule has 2 atom stereocenters. The Hall–Kier alpha value is -1.35. The van der Waals surface area contributed by atoms with E-state index in [0.717, 1.165) is 25.1 Å². The minimum Gasteiger partial charge on any atom is -0.349 e. The summed E-state index contributed by atoms with van der Waals surface area (Å²) < 4.78 is 0. The van der Waals surface area contributed by atoms with Crippen molar-refractivity contribution >= 4 is 5.91 Å². The van der Waals surface area contributed by atoms with Crippen molar-refractivity contribution in [3.05, 3.63) is 35.4 Å². The maximum atomic E-state index is 12.0. The van der Waals surface area contributed by atoms with Gasteiger partial charge in [0.25, 0.3) is 0 Å². The first kappa shape index (κ1) is 15.7. The van der Waals surface area contributed by atoms with E-state index in [1.54, 1.807) is 0 Å². The van der Waals surface area contributed by atoms with Crippen LogP contribution >= 0.6 is 0 Å². The number of hydrogen-bond donors (Lipinski definition) is 2. The van der Waals surface area contributed by atoms with E-state index in [2.05, 4.69) is 41.8 Å². The Morgan fingerprint density at radius 3 is 2.32 bits per heavy atom. The quantitative estimate of drug-likeness (QED) is 0.793. The lowest BCUT2D eigenvalue weighted by molar-refractivity contribution is -0.125. The summed E-state index contributed by atoms with van der Waals surface area (Å²) in [4.78, 5) is 12.0. The van der Waals surface area contributed by atoms with Gasteiger partial charge in [0.1, 0.15) is 0 Å². The molecular formula is C16H26N2O. The molecule has 0 spiro atoms. The van der Waals surface area contributed by atoms with E-state index in [0.29, 0.717) is 0 Å². The molecule has 0 aromatic heterocycles. The monoisotopic (exact) mass is 262 g/mol. The van der Waals surface area contributed by atoms with Crippen LogP contribution in [0.25, 0.3) is 0 Å². The van der Waals surface area contributed by atoms with Crippen LogP contribution in [0.4, 0.5) is 0 Å². The zero-order chi connectivity index (χ0) is 14.3. The van der Waals surface area contributed by atoms with Gasteiger partial charge in [-0.15, -0.1) is 0 Å². The molecular weight excluding hydrogens is 236 g/mol. The molecule has 1 aromatic carbocycles. The Morgan fingerprint density at radius 2 is 1.79 bits per heavy atom. The second kappa shape index (κ2) is 7.95. The topological polar surface area (TPSA) is 41.1 Å². The highest BCUT2D eigenvalue weighted by Gasteiger charge is 2.15. The largest absolute Gasteiger partial charge is 0.349 e. The number of amides is 1. The molecule has 19 heavy (non-hydrogen) atoms. The number of hydrogen-bond acceptors (Lipinski definition) is 2. The highest BCUT2D eigenvalue weighted by molar-refractivity contribution is 5.78. The number of benzene rings is 1. The van der Waals surface area contributed by atoms with Crippen LogP contribution < -0.4 is 10.6 Å². The van der Waals surface area contributed by atoms with Gasteiger partial charge in [-0.25, -0.2) is 0 Å². The summed E-state index contributed by atoms with van der Waals surface area (Å²) in [6.45, 7) is 9.78. The Balaban J connectivity index is 2.53. The van der Waals surface area contributed by atoms with Gasteiger partial charge in [0.2, 0.25) is 5.91 Å². The van der Waals surface area contributed by atoms with Gasteiger partial charge in [-0.3, -0.25) is 4.79 Å². The smallest absolute Gasteiger partial charge is 0.224 e. The van der Waals surface area contributed by atoms with Crippen LogP contribution in [0.3, 0.4) is 0 Å². The van der Waals surface area contributed by atoms with E-state index in [4.69, 9.17) is 0 Å². The van der Waals surface area contributed by atoms with Gasteiger partial charge in [0.15, 0.2) is 0 Å². The number of nitrogens with one attached hydrogen (secondary N) is 2. The van der Waals surface area contributed by atoms with Crippen molar-refractivity contribution in [3.8, 4) is 0 Å². The molecule has 2 N–H and O–H groups in total. The molecule has 3 heteroatoms. The molecule has 0 saturated carbocycles. The molecule has 0 aliphatic rings. The summed E-state index contributed by atoms with van der Waals surface area (Å²) in [5.74, 6) is 0.102. The molecule has 1 amide bonds. The van der Waals surface area contributed by atoms with Crippen LogP contribution in [0.15, 0.2) is 24.3 Å². The fraction of sp³-hybridized carbons (Fsp3) is 0.562. The third-order valence-corrected chi connectivity index (χ3v) is 3.39. The first-order valence-corrected chi connectivity index (χ1v) is 7.18. The van der Waals surface area contributed by atoms with E-state index in [1.807, 2.05) is 20.8 Å². The van der Waals surface area contributed by atoms with Crippen LogP contribution in [-0.2, 0) is 11.2 Å². The molecule has 0 aliphatic heterocycles. The van der Waals surface area contributed by atoms with Gasteiger partial charge >= 0.3 is 0 Å². The van der Waals surface area contributed by atoms with Crippen molar-refractivity contribution in [2.24, 2.45) is 5.92 Å². The Labute approximate surface area is 116 Å². The summed E-state index contributed by atoms with van der Waals surface area (Å²) in [5.41, 5.74) is 2.48. The molecule has 3 nitrogen and oxygen atoms in total. The lowest BCUT2D eigenvalue weighted by atomic mass is 10.0. The Kier molecular flexibility index (Phi) is 6.57. The van der Waals surface area contributed by atoms with Crippen molar-refractivity contribution in [2.45, 2.75) is 40.2 Å². The summed E-state index contributed by atoms with van der Waals surface area (Å²) in [7, 11) is 0. The van der Waals surface area contributed by atoms with Gasteiger partial charge in [0, 0.05) is 12.5 Å². The molecule has 0 aliphatic carbocycles. The van der Waals surface area contributed by atoms with Crippen molar-refractivity contribution < 1.29 is 4.79 Å². The number of aryl methyl sites for hydroxylation is 1. The van der Waals surface area contributed by atoms with Crippen molar-refractivity contribution in [1.29, 1.82) is 0 Å². The third kappa shape index (κ3) is 5.03. The summed E-state index contributed by atoms with van der Waals surface area (Å²) in [6.07, 6.45) is 1.04. The summed E-state index contributed by atoms with van der Waals surface area (Å²) >= 11 is 0. The zero-order valence-electron chi connectivity index (χ0n) is 12.5. The average Bonchev–Trinajstić information content (AvgIpc) is 2.44. The first-order chi connectivity index (χ1) is 9.08. The molecule has 0 radical (unpaired) electrons. The van der Waals surface area contributed by atoms with Crippen molar-refractivity contribution in [1.82, 2.24) is 10.6 Å². The SMILES string of the molecule is CCNCC(C)C(=O)NC(C)c1ccc(CC)cc1. The summed E-state index contributed by atoms with van der Waals surface area (Å²) in [6, 6.07) is 8.50. The van der Waals surface area contributed by atoms with Gasteiger partial charge in [-0.2, -0.15) is 0 Å². The van der Waals surface area contributed by atoms with E-state index in [-0.39, 0.29) is 17.9 Å². The molecule has 0 heterocycles. The van der Waals surface area contributed by atoms with Crippen LogP contribution in [-0.4, -0.2) is 19.0 Å². The second-order valence-electron chi connectivity index (χ2n) is 5.03. The zero-order valence-corrected chi connectivity index (χ0v) is 12.5. The van der Waals surface area contributed by atoms with Gasteiger partial charge in [-0.1, -0.05) is 45.0 Å². The van der Waals surface area contributed by atoms with Crippen molar-refractivity contribution in [3.63, 3.8) is 0 Å². The van der Waals surface area contributed by atoms with E-state index in [9.17, 15) is 4.79 Å². The molecule has 106 valence electrons. The fourth-order valence-electron chi connectivity index (χ4n) is 1.93. The van der Waals surface area contributed by atoms with Crippen LogP contribution in [0.1, 0.15) is 44.9 Å². The third-order valence-electron chi connectivity index (χ3n) is 3.39. The Bertz CT molecular complexity index is 386. The van der Waals surface area contributed by atoms with Crippen LogP contribution in [0, 0.1) is 5.92 Å². The van der Waals surface area contributed by atoms with Crippen molar-refractivity contribution in [2.75, 3.05) is 13.1 Å². The molecule has 0 bridgehead atoms. The molecule has 2 unspecified atom stereocenters. The minimum absolute atomic E-state index is 0.00249. The normalized spacial score (nSPS) is 13.9. The number of carbonyl (C=O) groups is 1. The average molecular weight is 262 g/mol. The van der Waals surface area contributed by atoms with Gasteiger partial charge < -0.3 is 10.6 Å². The lowest BCUT2D eigenvalue weighted by Gasteiger charge is -2.18. The lowest BCUT2D eigenvalue weighted by Crippen LogP contribution is -2.36. The molecule has 0 saturated heterocycles. The second-order valence-corrected chi connectivity index (χ2v) is 5.03. The Morgan fingerprint density at radius 1 is 1.16 bits per heavy atom. The standard InChI is InChI=1S/C16H26N2O/c1-5-14-7-9-15(10-8-14)13(4)18-16(19)12(3)11-17-6-2/h7-10,12-13,17H,5-6,11H2,1-4H3,(H,18,19). The number of carbonyl (C=O) groups excluding carboxylic acids is 1. The maximum Gasteiger partial charge on any atom is 0.224 e. The fourth-order valence-corrected chi connectivity index (χ4v) is 1.93. The molecule has 0 fully saturated rings. The summed E-state index contributed by atoms with van der Waals surface area (Å²) in [5, 5.41) is 6.26. The van der Waals surface area contributed by atoms with Gasteiger partial charge in [-0.05, 0) is 31.0 Å². The first-order valence-electron chi connectivity index (χ1n) is 7.18. The highest BCUT2D eigenvalue weighted by Crippen LogP contribution is 2.14. The molecule has 1 rings (SSSR count). The van der Waals surface area contributed by atoms with E-state index < -0.39 is 0 Å². The van der Waals surface area contributed by atoms with Crippen LogP contribution in [0.5, 0.6) is 0 Å². The van der Waals surface area contributed by atoms with Crippen LogP contribution in [0.2, 0.25) is 0 Å². The van der Waals surface area contributed by atoms with E-state index in [1.165, 1.54) is 5.56 Å². The molecule has 1 aromatic rings. The maximum absolute atomic E-state index is 12.0. The minimum atomic E-state index is -0.00249. The predicted molar refractivity (Wildman–Crippen MR) is 80.1 cm³/mol. The highest BCUT2D eigenvalue weighted by atomic mass is 16.1. The predicted octanol–water partition coefficient (Wildman–Crippen LogP) is 2.67. The van der Waals surface area contributed by atoms with E-state index >= 15 is 0 Å². The number of rotatable bonds is 7.